The number of rotatable bonds is 9. The summed E-state index contributed by atoms with van der Waals surface area (Å²) in [6.45, 7) is 8.43. The molecule has 0 aliphatic rings. The lowest BCUT2D eigenvalue weighted by Crippen LogP contribution is -2.45. The highest BCUT2D eigenvalue weighted by molar-refractivity contribution is 5.79. The van der Waals surface area contributed by atoms with Crippen LogP contribution in [-0.4, -0.2) is 43.0 Å². The van der Waals surface area contributed by atoms with E-state index in [0.717, 1.165) is 12.0 Å². The van der Waals surface area contributed by atoms with Gasteiger partial charge in [-0.15, -0.1) is 0 Å². The summed E-state index contributed by atoms with van der Waals surface area (Å²) in [6.07, 6.45) is 0.800. The molecule has 134 valence electrons. The van der Waals surface area contributed by atoms with Gasteiger partial charge < -0.3 is 10.1 Å². The molecule has 24 heavy (non-hydrogen) atoms. The van der Waals surface area contributed by atoms with Gasteiger partial charge >= 0.3 is 5.97 Å². The van der Waals surface area contributed by atoms with Crippen LogP contribution >= 0.6 is 0 Å². The van der Waals surface area contributed by atoms with Crippen molar-refractivity contribution in [2.45, 2.75) is 46.2 Å². The molecule has 0 spiro atoms. The largest absolute Gasteiger partial charge is 0.468 e. The molecule has 1 amide bonds. The minimum atomic E-state index is -0.339. The number of carbonyl (C=O) groups is 2. The molecule has 0 fully saturated rings. The van der Waals surface area contributed by atoms with Crippen molar-refractivity contribution in [3.63, 3.8) is 0 Å². The van der Waals surface area contributed by atoms with Crippen LogP contribution in [0.15, 0.2) is 30.3 Å². The first-order valence-corrected chi connectivity index (χ1v) is 8.54. The van der Waals surface area contributed by atoms with E-state index in [1.54, 1.807) is 0 Å². The van der Waals surface area contributed by atoms with Crippen molar-refractivity contribution in [3.8, 4) is 0 Å². The van der Waals surface area contributed by atoms with E-state index in [1.807, 2.05) is 42.2 Å². The topological polar surface area (TPSA) is 58.6 Å². The fourth-order valence-corrected chi connectivity index (χ4v) is 2.54. The molecule has 0 aliphatic heterocycles. The molecule has 0 saturated carbocycles. The number of hydrogen-bond acceptors (Lipinski definition) is 4. The van der Waals surface area contributed by atoms with Gasteiger partial charge in [-0.3, -0.25) is 14.5 Å². The monoisotopic (exact) mass is 334 g/mol. The van der Waals surface area contributed by atoms with E-state index in [2.05, 4.69) is 26.1 Å². The molecule has 0 radical (unpaired) electrons. The van der Waals surface area contributed by atoms with Crippen molar-refractivity contribution in [2.75, 3.05) is 20.2 Å². The van der Waals surface area contributed by atoms with Crippen molar-refractivity contribution in [2.24, 2.45) is 5.92 Å². The van der Waals surface area contributed by atoms with E-state index in [-0.39, 0.29) is 37.0 Å². The van der Waals surface area contributed by atoms with Crippen LogP contribution in [-0.2, 0) is 14.3 Å². The molecule has 1 aromatic carbocycles. The fraction of sp³-hybridized carbons (Fsp3) is 0.579. The molecule has 1 rings (SSSR count). The number of benzene rings is 1. The SMILES string of the molecule is CC[C@H](c1ccccc1)N(CC(=O)N[C@H](C)C(C)C)CC(=O)OC. The Bertz CT molecular complexity index is 517. The van der Waals surface area contributed by atoms with Crippen molar-refractivity contribution >= 4 is 11.9 Å². The minimum Gasteiger partial charge on any atom is -0.468 e. The number of carbonyl (C=O) groups excluding carboxylic acids is 2. The van der Waals surface area contributed by atoms with Gasteiger partial charge in [0.2, 0.25) is 5.91 Å². The Morgan fingerprint density at radius 3 is 2.25 bits per heavy atom. The lowest BCUT2D eigenvalue weighted by Gasteiger charge is -2.30. The number of amides is 1. The Hall–Kier alpha value is -1.88. The summed E-state index contributed by atoms with van der Waals surface area (Å²) in [7, 11) is 1.37. The summed E-state index contributed by atoms with van der Waals surface area (Å²) in [4.78, 5) is 26.1. The molecule has 0 unspecified atom stereocenters. The number of nitrogens with zero attached hydrogens (tertiary/aromatic N) is 1. The van der Waals surface area contributed by atoms with E-state index in [0.29, 0.717) is 5.92 Å². The van der Waals surface area contributed by atoms with Gasteiger partial charge in [0.05, 0.1) is 20.2 Å². The highest BCUT2D eigenvalue weighted by atomic mass is 16.5. The number of nitrogens with one attached hydrogen (secondary N) is 1. The van der Waals surface area contributed by atoms with E-state index in [9.17, 15) is 9.59 Å². The zero-order valence-corrected chi connectivity index (χ0v) is 15.4. The van der Waals surface area contributed by atoms with Crippen molar-refractivity contribution in [1.29, 1.82) is 0 Å². The van der Waals surface area contributed by atoms with Gasteiger partial charge in [-0.25, -0.2) is 0 Å². The first kappa shape index (κ1) is 20.2. The number of esters is 1. The molecule has 0 heterocycles. The molecule has 0 aliphatic carbocycles. The number of ether oxygens (including phenoxy) is 1. The highest BCUT2D eigenvalue weighted by Gasteiger charge is 2.24. The molecular weight excluding hydrogens is 304 g/mol. The van der Waals surface area contributed by atoms with Gasteiger partial charge in [0, 0.05) is 12.1 Å². The normalized spacial score (nSPS) is 13.6. The van der Waals surface area contributed by atoms with Crippen LogP contribution in [0, 0.1) is 5.92 Å². The van der Waals surface area contributed by atoms with Crippen LogP contribution in [0.4, 0.5) is 0 Å². The lowest BCUT2D eigenvalue weighted by atomic mass is 10.0. The average molecular weight is 334 g/mol. The summed E-state index contributed by atoms with van der Waals surface area (Å²) < 4.78 is 4.80. The van der Waals surface area contributed by atoms with Crippen LogP contribution in [0.1, 0.15) is 45.7 Å². The van der Waals surface area contributed by atoms with Crippen molar-refractivity contribution in [1.82, 2.24) is 10.2 Å². The predicted octanol–water partition coefficient (Wildman–Crippen LogP) is 2.77. The first-order valence-electron chi connectivity index (χ1n) is 8.54. The highest BCUT2D eigenvalue weighted by Crippen LogP contribution is 2.23. The molecular formula is C19H30N2O3. The van der Waals surface area contributed by atoms with E-state index < -0.39 is 0 Å². The molecule has 2 atom stereocenters. The number of hydrogen-bond donors (Lipinski definition) is 1. The third-order valence-electron chi connectivity index (χ3n) is 4.31. The van der Waals surface area contributed by atoms with Crippen molar-refractivity contribution < 1.29 is 14.3 Å². The molecule has 1 aromatic rings. The zero-order chi connectivity index (χ0) is 18.1. The Morgan fingerprint density at radius 1 is 1.12 bits per heavy atom. The van der Waals surface area contributed by atoms with Crippen LogP contribution in [0.2, 0.25) is 0 Å². The van der Waals surface area contributed by atoms with Crippen LogP contribution in [0.25, 0.3) is 0 Å². The minimum absolute atomic E-state index is 0.00888. The average Bonchev–Trinajstić information content (AvgIpc) is 2.56. The van der Waals surface area contributed by atoms with E-state index in [1.165, 1.54) is 7.11 Å². The molecule has 5 nitrogen and oxygen atoms in total. The second-order valence-corrected chi connectivity index (χ2v) is 6.42. The summed E-state index contributed by atoms with van der Waals surface area (Å²) in [6, 6.07) is 10.0. The van der Waals surface area contributed by atoms with Crippen LogP contribution in [0.3, 0.4) is 0 Å². The Labute approximate surface area is 145 Å². The molecule has 0 saturated heterocycles. The smallest absolute Gasteiger partial charge is 0.319 e. The molecule has 5 heteroatoms. The lowest BCUT2D eigenvalue weighted by molar-refractivity contribution is -0.143. The summed E-state index contributed by atoms with van der Waals surface area (Å²) in [5.41, 5.74) is 1.09. The standard InChI is InChI=1S/C19H30N2O3/c1-6-17(16-10-8-7-9-11-16)21(13-19(23)24-5)12-18(22)20-15(4)14(2)3/h7-11,14-15,17H,6,12-13H2,1-5H3,(H,20,22)/t15-,17-/m1/s1. The zero-order valence-electron chi connectivity index (χ0n) is 15.4. The van der Waals surface area contributed by atoms with Crippen LogP contribution in [0.5, 0.6) is 0 Å². The third-order valence-corrected chi connectivity index (χ3v) is 4.31. The van der Waals surface area contributed by atoms with Gasteiger partial charge in [0.1, 0.15) is 0 Å². The first-order chi connectivity index (χ1) is 11.4. The van der Waals surface area contributed by atoms with Gasteiger partial charge in [-0.05, 0) is 24.8 Å². The maximum Gasteiger partial charge on any atom is 0.319 e. The van der Waals surface area contributed by atoms with Gasteiger partial charge in [-0.2, -0.15) is 0 Å². The molecule has 0 bridgehead atoms. The number of methoxy groups -OCH3 is 1. The van der Waals surface area contributed by atoms with Crippen molar-refractivity contribution in [3.05, 3.63) is 35.9 Å². The predicted molar refractivity (Wildman–Crippen MR) is 95.5 cm³/mol. The van der Waals surface area contributed by atoms with E-state index >= 15 is 0 Å². The Balaban J connectivity index is 2.90. The summed E-state index contributed by atoms with van der Waals surface area (Å²) in [5, 5.41) is 3.00. The molecule has 0 aromatic heterocycles. The fourth-order valence-electron chi connectivity index (χ4n) is 2.54. The van der Waals surface area contributed by atoms with Gasteiger partial charge in [0.15, 0.2) is 0 Å². The maximum absolute atomic E-state index is 12.4. The molecule has 1 N–H and O–H groups in total. The second-order valence-electron chi connectivity index (χ2n) is 6.42. The Morgan fingerprint density at radius 2 is 1.75 bits per heavy atom. The van der Waals surface area contributed by atoms with Gasteiger partial charge in [0.25, 0.3) is 0 Å². The quantitative estimate of drug-likeness (QED) is 0.706. The third kappa shape index (κ3) is 6.32. The van der Waals surface area contributed by atoms with Crippen LogP contribution < -0.4 is 5.32 Å². The second kappa shape index (κ2) is 10.1. The van der Waals surface area contributed by atoms with Gasteiger partial charge in [-0.1, -0.05) is 51.1 Å². The summed E-state index contributed by atoms with van der Waals surface area (Å²) >= 11 is 0. The van der Waals surface area contributed by atoms with E-state index in [4.69, 9.17) is 4.74 Å². The summed E-state index contributed by atoms with van der Waals surface area (Å²) in [5.74, 6) is -0.0531. The Kier molecular flexibility index (Phi) is 8.47. The maximum atomic E-state index is 12.4.